The second-order valence-electron chi connectivity index (χ2n) is 10.2. The molecule has 1 fully saturated rings. The van der Waals surface area contributed by atoms with Crippen molar-refractivity contribution in [2.24, 2.45) is 0 Å². The molecule has 180 valence electrons. The van der Waals surface area contributed by atoms with Gasteiger partial charge in [0.15, 0.2) is 5.79 Å². The van der Waals surface area contributed by atoms with Crippen LogP contribution < -0.4 is 10.1 Å². The van der Waals surface area contributed by atoms with Gasteiger partial charge in [-0.25, -0.2) is 4.79 Å². The average Bonchev–Trinajstić information content (AvgIpc) is 2.78. The number of benzene rings is 3. The second-order valence-corrected chi connectivity index (χ2v) is 10.2. The highest BCUT2D eigenvalue weighted by atomic mass is 16.7. The summed E-state index contributed by atoms with van der Waals surface area (Å²) in [5.74, 6) is 0.0813. The van der Waals surface area contributed by atoms with Crippen molar-refractivity contribution in [3.63, 3.8) is 0 Å². The van der Waals surface area contributed by atoms with Crippen molar-refractivity contribution in [2.75, 3.05) is 13.2 Å². The zero-order valence-corrected chi connectivity index (χ0v) is 20.5. The molecule has 6 nitrogen and oxygen atoms in total. The Balaban J connectivity index is 1.58. The summed E-state index contributed by atoms with van der Waals surface area (Å²) in [6, 6.07) is 22.2. The Bertz CT molecular complexity index is 1140. The molecule has 4 rings (SSSR count). The summed E-state index contributed by atoms with van der Waals surface area (Å²) >= 11 is 0. The fourth-order valence-electron chi connectivity index (χ4n) is 3.84. The summed E-state index contributed by atoms with van der Waals surface area (Å²) < 4.78 is 23.4. The molecule has 0 unspecified atom stereocenters. The molecule has 34 heavy (non-hydrogen) atoms. The Hall–Kier alpha value is -3.09. The second kappa shape index (κ2) is 9.28. The van der Waals surface area contributed by atoms with Crippen molar-refractivity contribution in [1.82, 2.24) is 5.32 Å². The maximum Gasteiger partial charge on any atom is 0.408 e. The van der Waals surface area contributed by atoms with Gasteiger partial charge in [-0.05, 0) is 74.7 Å². The third-order valence-electron chi connectivity index (χ3n) is 5.69. The molecule has 0 atom stereocenters. The van der Waals surface area contributed by atoms with Gasteiger partial charge in [0.1, 0.15) is 23.5 Å². The van der Waals surface area contributed by atoms with Crippen molar-refractivity contribution in [1.29, 1.82) is 0 Å². The largest absolute Gasteiger partial charge is 0.489 e. The van der Waals surface area contributed by atoms with Crippen LogP contribution in [-0.2, 0) is 26.4 Å². The third kappa shape index (κ3) is 5.88. The Labute approximate surface area is 201 Å². The number of hydrogen-bond acceptors (Lipinski definition) is 5. The smallest absolute Gasteiger partial charge is 0.408 e. The summed E-state index contributed by atoms with van der Waals surface area (Å²) in [5, 5.41) is 5.09. The maximum absolute atomic E-state index is 12.7. The lowest BCUT2D eigenvalue weighted by Crippen LogP contribution is -2.59. The highest BCUT2D eigenvalue weighted by Crippen LogP contribution is 2.34. The molecule has 3 aromatic carbocycles. The lowest BCUT2D eigenvalue weighted by Gasteiger charge is -2.44. The van der Waals surface area contributed by atoms with E-state index in [1.165, 1.54) is 0 Å². The number of fused-ring (bicyclic) bond motifs is 1. The maximum atomic E-state index is 12.7. The number of carbonyl (C=O) groups excluding carboxylic acids is 1. The number of nitrogens with one attached hydrogen (secondary N) is 1. The molecule has 1 N–H and O–H groups in total. The predicted molar refractivity (Wildman–Crippen MR) is 132 cm³/mol. The van der Waals surface area contributed by atoms with E-state index in [0.717, 1.165) is 27.6 Å². The standard InChI is InChI=1S/C28H33NO5/c1-26(2,3)34-25(30)29-28(18-32-27(4,5)33-19-28)23-13-11-22-16-24(14-12-21(22)15-23)31-17-20-9-7-6-8-10-20/h6-16H,17-19H2,1-5H3,(H,29,30). The quantitative estimate of drug-likeness (QED) is 0.509. The first-order valence-corrected chi connectivity index (χ1v) is 11.5. The Morgan fingerprint density at radius 1 is 0.941 bits per heavy atom. The van der Waals surface area contributed by atoms with E-state index in [2.05, 4.69) is 11.4 Å². The highest BCUT2D eigenvalue weighted by molar-refractivity contribution is 5.85. The molecule has 0 aliphatic carbocycles. The zero-order valence-electron chi connectivity index (χ0n) is 20.5. The summed E-state index contributed by atoms with van der Waals surface area (Å²) in [5.41, 5.74) is 0.530. The molecular weight excluding hydrogens is 430 g/mol. The molecule has 0 aromatic heterocycles. The van der Waals surface area contributed by atoms with E-state index in [4.69, 9.17) is 18.9 Å². The van der Waals surface area contributed by atoms with Crippen LogP contribution in [-0.4, -0.2) is 30.7 Å². The van der Waals surface area contributed by atoms with E-state index in [-0.39, 0.29) is 13.2 Å². The lowest BCUT2D eigenvalue weighted by atomic mass is 9.88. The molecule has 1 aliphatic rings. The number of hydrogen-bond donors (Lipinski definition) is 1. The summed E-state index contributed by atoms with van der Waals surface area (Å²) in [6.45, 7) is 10.3. The van der Waals surface area contributed by atoms with E-state index in [9.17, 15) is 4.79 Å². The number of carbonyl (C=O) groups is 1. The van der Waals surface area contributed by atoms with Crippen LogP contribution in [0.2, 0.25) is 0 Å². The van der Waals surface area contributed by atoms with Gasteiger partial charge in [0, 0.05) is 0 Å². The van der Waals surface area contributed by atoms with E-state index in [1.54, 1.807) is 0 Å². The van der Waals surface area contributed by atoms with Crippen LogP contribution >= 0.6 is 0 Å². The Morgan fingerprint density at radius 2 is 1.59 bits per heavy atom. The minimum absolute atomic E-state index is 0.267. The van der Waals surface area contributed by atoms with Crippen molar-refractivity contribution in [3.05, 3.63) is 77.9 Å². The first-order chi connectivity index (χ1) is 16.0. The van der Waals surface area contributed by atoms with Crippen LogP contribution in [0.25, 0.3) is 10.8 Å². The van der Waals surface area contributed by atoms with E-state index in [0.29, 0.717) is 6.61 Å². The lowest BCUT2D eigenvalue weighted by molar-refractivity contribution is -0.272. The fourth-order valence-corrected chi connectivity index (χ4v) is 3.84. The molecule has 1 amide bonds. The Kier molecular flexibility index (Phi) is 6.56. The molecule has 1 heterocycles. The van der Waals surface area contributed by atoms with E-state index in [1.807, 2.05) is 95.3 Å². The normalized spacial score (nSPS) is 17.2. The summed E-state index contributed by atoms with van der Waals surface area (Å²) in [4.78, 5) is 12.7. The predicted octanol–water partition coefficient (Wildman–Crippen LogP) is 5.92. The molecule has 0 saturated carbocycles. The summed E-state index contributed by atoms with van der Waals surface area (Å²) in [6.07, 6.45) is -0.510. The molecule has 1 aliphatic heterocycles. The Morgan fingerprint density at radius 3 is 2.26 bits per heavy atom. The molecule has 0 bridgehead atoms. The van der Waals surface area contributed by atoms with Crippen molar-refractivity contribution < 1.29 is 23.7 Å². The van der Waals surface area contributed by atoms with Gasteiger partial charge < -0.3 is 24.3 Å². The SMILES string of the molecule is CC(C)(C)OC(=O)NC1(c2ccc3cc(OCc4ccccc4)ccc3c2)COC(C)(C)OC1. The van der Waals surface area contributed by atoms with Gasteiger partial charge in [0.2, 0.25) is 0 Å². The van der Waals surface area contributed by atoms with Crippen molar-refractivity contribution >= 4 is 16.9 Å². The van der Waals surface area contributed by atoms with Gasteiger partial charge in [0.05, 0.1) is 13.2 Å². The fraction of sp³-hybridized carbons (Fsp3) is 0.393. The average molecular weight is 464 g/mol. The number of amides is 1. The number of rotatable bonds is 5. The van der Waals surface area contributed by atoms with Crippen LogP contribution in [0.3, 0.4) is 0 Å². The van der Waals surface area contributed by atoms with Crippen LogP contribution in [0.15, 0.2) is 66.7 Å². The van der Waals surface area contributed by atoms with Gasteiger partial charge in [-0.2, -0.15) is 0 Å². The van der Waals surface area contributed by atoms with Gasteiger partial charge >= 0.3 is 6.09 Å². The molecule has 0 radical (unpaired) electrons. The first kappa shape index (κ1) is 24.0. The van der Waals surface area contributed by atoms with Crippen LogP contribution in [0.1, 0.15) is 45.7 Å². The molecule has 1 saturated heterocycles. The van der Waals surface area contributed by atoms with Gasteiger partial charge in [-0.15, -0.1) is 0 Å². The third-order valence-corrected chi connectivity index (χ3v) is 5.69. The van der Waals surface area contributed by atoms with Crippen molar-refractivity contribution in [3.8, 4) is 5.75 Å². The van der Waals surface area contributed by atoms with E-state index < -0.39 is 23.0 Å². The first-order valence-electron chi connectivity index (χ1n) is 11.5. The van der Waals surface area contributed by atoms with Crippen LogP contribution in [0.5, 0.6) is 5.75 Å². The minimum Gasteiger partial charge on any atom is -0.489 e. The zero-order chi connectivity index (χ0) is 24.4. The molecule has 6 heteroatoms. The number of ether oxygens (including phenoxy) is 4. The van der Waals surface area contributed by atoms with Crippen molar-refractivity contribution in [2.45, 2.75) is 58.2 Å². The van der Waals surface area contributed by atoms with E-state index >= 15 is 0 Å². The highest BCUT2D eigenvalue weighted by Gasteiger charge is 2.43. The van der Waals surface area contributed by atoms with Crippen LogP contribution in [0, 0.1) is 0 Å². The van der Waals surface area contributed by atoms with Gasteiger partial charge in [-0.3, -0.25) is 0 Å². The topological polar surface area (TPSA) is 66.0 Å². The van der Waals surface area contributed by atoms with Gasteiger partial charge in [0.25, 0.3) is 0 Å². The van der Waals surface area contributed by atoms with Gasteiger partial charge in [-0.1, -0.05) is 48.5 Å². The van der Waals surface area contributed by atoms with Crippen LogP contribution in [0.4, 0.5) is 4.79 Å². The minimum atomic E-state index is -0.867. The molecule has 3 aromatic rings. The summed E-state index contributed by atoms with van der Waals surface area (Å²) in [7, 11) is 0. The molecule has 0 spiro atoms. The number of alkyl carbamates (subject to hydrolysis) is 1. The molecular formula is C28H33NO5. The monoisotopic (exact) mass is 463 g/mol.